The summed E-state index contributed by atoms with van der Waals surface area (Å²) in [5, 5.41) is 16.5. The van der Waals surface area contributed by atoms with E-state index in [0.717, 1.165) is 36.8 Å². The van der Waals surface area contributed by atoms with E-state index in [1.807, 2.05) is 6.07 Å². The van der Waals surface area contributed by atoms with Gasteiger partial charge in [0.25, 0.3) is 0 Å². The Balaban J connectivity index is 0.00000338. The average Bonchev–Trinajstić information content (AvgIpc) is 2.91. The summed E-state index contributed by atoms with van der Waals surface area (Å²) in [6, 6.07) is 5.22. The molecule has 2 rings (SSSR count). The Labute approximate surface area is 174 Å². The number of halogens is 1. The molecular formula is C19H33IN4O2. The standard InChI is InChI=1S/C19H32N4O2.HI/c1-20-19(21-10-7-13-23-11-5-3-4-6-12-23)22-15-16-14-17(25-2)8-9-18(16)24;/h8-9,14,24H,3-7,10-13,15H2,1-2H3,(H2,20,21,22);1H. The van der Waals surface area contributed by atoms with Gasteiger partial charge in [-0.3, -0.25) is 4.99 Å². The minimum absolute atomic E-state index is 0. The van der Waals surface area contributed by atoms with E-state index in [2.05, 4.69) is 20.5 Å². The molecule has 1 aliphatic heterocycles. The Morgan fingerprint density at radius 1 is 1.19 bits per heavy atom. The average molecular weight is 476 g/mol. The third-order valence-electron chi connectivity index (χ3n) is 4.60. The number of phenols is 1. The van der Waals surface area contributed by atoms with Gasteiger partial charge in [0.2, 0.25) is 0 Å². The Bertz CT molecular complexity index is 546. The Hall–Kier alpha value is -1.22. The van der Waals surface area contributed by atoms with Gasteiger partial charge in [0.15, 0.2) is 5.96 Å². The minimum Gasteiger partial charge on any atom is -0.508 e. The number of methoxy groups -OCH3 is 1. The molecule has 7 heteroatoms. The Morgan fingerprint density at radius 3 is 2.58 bits per heavy atom. The number of likely N-dealkylation sites (tertiary alicyclic amines) is 1. The molecule has 0 aromatic heterocycles. The summed E-state index contributed by atoms with van der Waals surface area (Å²) in [5.74, 6) is 1.73. The quantitative estimate of drug-likeness (QED) is 0.245. The van der Waals surface area contributed by atoms with Gasteiger partial charge in [-0.2, -0.15) is 0 Å². The van der Waals surface area contributed by atoms with Crippen LogP contribution < -0.4 is 15.4 Å². The van der Waals surface area contributed by atoms with E-state index in [1.165, 1.54) is 38.8 Å². The molecule has 1 aliphatic rings. The smallest absolute Gasteiger partial charge is 0.191 e. The Kier molecular flexibility index (Phi) is 11.4. The second-order valence-electron chi connectivity index (χ2n) is 6.46. The van der Waals surface area contributed by atoms with Crippen LogP contribution in [-0.2, 0) is 6.54 Å². The summed E-state index contributed by atoms with van der Waals surface area (Å²) in [5.41, 5.74) is 0.784. The number of nitrogens with one attached hydrogen (secondary N) is 2. The van der Waals surface area contributed by atoms with Crippen molar-refractivity contribution >= 4 is 29.9 Å². The summed E-state index contributed by atoms with van der Waals surface area (Å²) >= 11 is 0. The van der Waals surface area contributed by atoms with Crippen molar-refractivity contribution < 1.29 is 9.84 Å². The molecule has 3 N–H and O–H groups in total. The van der Waals surface area contributed by atoms with Crippen LogP contribution in [0, 0.1) is 0 Å². The van der Waals surface area contributed by atoms with Crippen LogP contribution in [0.3, 0.4) is 0 Å². The summed E-state index contributed by atoms with van der Waals surface area (Å²) < 4.78 is 5.20. The third kappa shape index (κ3) is 7.99. The fraction of sp³-hybridized carbons (Fsp3) is 0.632. The molecule has 1 aromatic carbocycles. The predicted molar refractivity (Wildman–Crippen MR) is 118 cm³/mol. The first-order valence-electron chi connectivity index (χ1n) is 9.25. The van der Waals surface area contributed by atoms with E-state index in [9.17, 15) is 5.11 Å². The van der Waals surface area contributed by atoms with Crippen LogP contribution in [0.4, 0.5) is 0 Å². The number of rotatable bonds is 7. The van der Waals surface area contributed by atoms with Gasteiger partial charge in [-0.25, -0.2) is 0 Å². The lowest BCUT2D eigenvalue weighted by molar-refractivity contribution is 0.282. The van der Waals surface area contributed by atoms with Gasteiger partial charge in [0.05, 0.1) is 7.11 Å². The number of hydrogen-bond acceptors (Lipinski definition) is 4. The molecule has 1 aromatic rings. The molecule has 0 amide bonds. The molecule has 6 nitrogen and oxygen atoms in total. The summed E-state index contributed by atoms with van der Waals surface area (Å²) in [4.78, 5) is 6.81. The highest BCUT2D eigenvalue weighted by molar-refractivity contribution is 14.0. The Morgan fingerprint density at radius 2 is 1.92 bits per heavy atom. The zero-order chi connectivity index (χ0) is 17.9. The second kappa shape index (κ2) is 13.0. The number of ether oxygens (including phenoxy) is 1. The summed E-state index contributed by atoms with van der Waals surface area (Å²) in [6.07, 6.45) is 6.53. The monoisotopic (exact) mass is 476 g/mol. The van der Waals surface area contributed by atoms with Gasteiger partial charge < -0.3 is 25.4 Å². The van der Waals surface area contributed by atoms with Gasteiger partial charge in [-0.1, -0.05) is 12.8 Å². The van der Waals surface area contributed by atoms with Crippen molar-refractivity contribution in [1.29, 1.82) is 0 Å². The fourth-order valence-electron chi connectivity index (χ4n) is 3.10. The van der Waals surface area contributed by atoms with Crippen LogP contribution in [0.5, 0.6) is 11.5 Å². The van der Waals surface area contributed by atoms with E-state index in [4.69, 9.17) is 4.74 Å². The zero-order valence-corrected chi connectivity index (χ0v) is 18.3. The molecule has 0 bridgehead atoms. The second-order valence-corrected chi connectivity index (χ2v) is 6.46. The summed E-state index contributed by atoms with van der Waals surface area (Å²) in [7, 11) is 3.38. The first kappa shape index (κ1) is 22.8. The highest BCUT2D eigenvalue weighted by Crippen LogP contribution is 2.22. The van der Waals surface area contributed by atoms with Gasteiger partial charge >= 0.3 is 0 Å². The van der Waals surface area contributed by atoms with Gasteiger partial charge in [-0.05, 0) is 57.1 Å². The maximum absolute atomic E-state index is 9.94. The molecule has 0 aliphatic carbocycles. The van der Waals surface area contributed by atoms with Gasteiger partial charge in [0, 0.05) is 25.7 Å². The van der Waals surface area contributed by atoms with Crippen LogP contribution in [-0.4, -0.2) is 56.3 Å². The lowest BCUT2D eigenvalue weighted by Gasteiger charge is -2.20. The van der Waals surface area contributed by atoms with E-state index < -0.39 is 0 Å². The third-order valence-corrected chi connectivity index (χ3v) is 4.60. The molecule has 0 atom stereocenters. The van der Waals surface area contributed by atoms with Gasteiger partial charge in [0.1, 0.15) is 11.5 Å². The highest BCUT2D eigenvalue weighted by atomic mass is 127. The number of guanidine groups is 1. The highest BCUT2D eigenvalue weighted by Gasteiger charge is 2.08. The van der Waals surface area contributed by atoms with E-state index >= 15 is 0 Å². The van der Waals surface area contributed by atoms with Crippen molar-refractivity contribution in [3.05, 3.63) is 23.8 Å². The van der Waals surface area contributed by atoms with Crippen LogP contribution in [0.15, 0.2) is 23.2 Å². The van der Waals surface area contributed by atoms with Crippen molar-refractivity contribution in [3.8, 4) is 11.5 Å². The number of aromatic hydroxyl groups is 1. The number of benzene rings is 1. The molecule has 1 heterocycles. The first-order chi connectivity index (χ1) is 12.2. The number of nitrogens with zero attached hydrogens (tertiary/aromatic N) is 2. The van der Waals surface area contributed by atoms with Crippen molar-refractivity contribution in [2.24, 2.45) is 4.99 Å². The molecule has 26 heavy (non-hydrogen) atoms. The lowest BCUT2D eigenvalue weighted by Crippen LogP contribution is -2.38. The molecule has 0 radical (unpaired) electrons. The number of aliphatic imine (C=N–C) groups is 1. The van der Waals surface area contributed by atoms with E-state index in [-0.39, 0.29) is 29.7 Å². The molecule has 0 unspecified atom stereocenters. The van der Waals surface area contributed by atoms with Crippen LogP contribution in [0.25, 0.3) is 0 Å². The number of phenolic OH excluding ortho intramolecular Hbond substituents is 1. The lowest BCUT2D eigenvalue weighted by atomic mass is 10.2. The maximum atomic E-state index is 9.94. The number of hydrogen-bond donors (Lipinski definition) is 3. The molecule has 148 valence electrons. The molecule has 0 spiro atoms. The SMILES string of the molecule is CN=C(NCCCN1CCCCCC1)NCc1cc(OC)ccc1O.I. The first-order valence-corrected chi connectivity index (χ1v) is 9.25. The fourth-order valence-corrected chi connectivity index (χ4v) is 3.10. The molecule has 1 fully saturated rings. The minimum atomic E-state index is 0. The van der Waals surface area contributed by atoms with Gasteiger partial charge in [-0.15, -0.1) is 24.0 Å². The van der Waals surface area contributed by atoms with Crippen molar-refractivity contribution in [3.63, 3.8) is 0 Å². The van der Waals surface area contributed by atoms with E-state index in [0.29, 0.717) is 6.54 Å². The topological polar surface area (TPSA) is 69.1 Å². The molecular weight excluding hydrogens is 443 g/mol. The van der Waals surface area contributed by atoms with Crippen molar-refractivity contribution in [2.45, 2.75) is 38.6 Å². The normalized spacial score (nSPS) is 15.7. The maximum Gasteiger partial charge on any atom is 0.191 e. The zero-order valence-electron chi connectivity index (χ0n) is 16.0. The largest absolute Gasteiger partial charge is 0.508 e. The van der Waals surface area contributed by atoms with Crippen molar-refractivity contribution in [2.75, 3.05) is 40.3 Å². The van der Waals surface area contributed by atoms with Crippen LogP contribution in [0.1, 0.15) is 37.7 Å². The van der Waals surface area contributed by atoms with Crippen LogP contribution >= 0.6 is 24.0 Å². The van der Waals surface area contributed by atoms with Crippen LogP contribution in [0.2, 0.25) is 0 Å². The van der Waals surface area contributed by atoms with Crippen molar-refractivity contribution in [1.82, 2.24) is 15.5 Å². The molecule has 0 saturated carbocycles. The predicted octanol–water partition coefficient (Wildman–Crippen LogP) is 2.95. The van der Waals surface area contributed by atoms with E-state index in [1.54, 1.807) is 26.3 Å². The summed E-state index contributed by atoms with van der Waals surface area (Å²) in [6.45, 7) is 5.00. The molecule has 1 saturated heterocycles.